The van der Waals surface area contributed by atoms with Crippen molar-refractivity contribution in [2.45, 2.75) is 88.2 Å². The van der Waals surface area contributed by atoms with E-state index in [2.05, 4.69) is 65.3 Å². The molecule has 4 aromatic rings. The Kier molecular flexibility index (Phi) is 10.9. The minimum absolute atomic E-state index is 0.0332. The molecule has 0 amide bonds. The van der Waals surface area contributed by atoms with Gasteiger partial charge in [0.25, 0.3) is 0 Å². The first kappa shape index (κ1) is 29.8. The standard InChI is InChI=1S/C35H45N3O2S/c1-2-3-23-41-35-37-30-17-11-12-18-32(30)38(35)24-26-19-21-29(22-20-26)33(28-15-7-4-5-8-16-28)34(40)36-31(25-39)27-13-9-6-10-14-27/h6,9-14,17-22,28,31,33-34,36,39-40H,2-5,7-8,15-16,23-25H2,1H3/t31-,33?,34?/m0/s1. The maximum atomic E-state index is 11.7. The lowest BCUT2D eigenvalue weighted by Crippen LogP contribution is -2.41. The van der Waals surface area contributed by atoms with Gasteiger partial charge < -0.3 is 14.8 Å². The lowest BCUT2D eigenvalue weighted by atomic mass is 9.79. The summed E-state index contributed by atoms with van der Waals surface area (Å²) in [5.41, 5.74) is 5.60. The Morgan fingerprint density at radius 1 is 0.902 bits per heavy atom. The quantitative estimate of drug-likeness (QED) is 0.0665. The maximum absolute atomic E-state index is 11.7. The zero-order chi connectivity index (χ0) is 28.4. The van der Waals surface area contributed by atoms with Crippen LogP contribution in [-0.2, 0) is 6.54 Å². The minimum atomic E-state index is -0.750. The summed E-state index contributed by atoms with van der Waals surface area (Å²) < 4.78 is 2.34. The second-order valence-electron chi connectivity index (χ2n) is 11.4. The topological polar surface area (TPSA) is 70.3 Å². The van der Waals surface area contributed by atoms with Crippen LogP contribution in [0.15, 0.2) is 84.0 Å². The van der Waals surface area contributed by atoms with Gasteiger partial charge in [-0.3, -0.25) is 5.32 Å². The molecule has 6 heteroatoms. The van der Waals surface area contributed by atoms with Gasteiger partial charge in [0.15, 0.2) is 5.16 Å². The number of rotatable bonds is 13. The van der Waals surface area contributed by atoms with Crippen LogP contribution in [-0.4, -0.2) is 38.4 Å². The molecule has 1 saturated carbocycles. The molecular formula is C35H45N3O2S. The minimum Gasteiger partial charge on any atom is -0.394 e. The molecule has 2 unspecified atom stereocenters. The fourth-order valence-electron chi connectivity index (χ4n) is 6.28. The number of aromatic nitrogens is 2. The lowest BCUT2D eigenvalue weighted by Gasteiger charge is -2.34. The summed E-state index contributed by atoms with van der Waals surface area (Å²) in [5.74, 6) is 1.44. The molecule has 0 radical (unpaired) electrons. The molecule has 0 spiro atoms. The van der Waals surface area contributed by atoms with Crippen molar-refractivity contribution in [3.63, 3.8) is 0 Å². The highest BCUT2D eigenvalue weighted by atomic mass is 32.2. The highest BCUT2D eigenvalue weighted by Gasteiger charge is 2.32. The van der Waals surface area contributed by atoms with Crippen LogP contribution in [0.3, 0.4) is 0 Å². The molecule has 1 heterocycles. The Morgan fingerprint density at radius 3 is 2.32 bits per heavy atom. The third-order valence-electron chi connectivity index (χ3n) is 8.56. The Hall–Kier alpha value is -2.64. The highest BCUT2D eigenvalue weighted by molar-refractivity contribution is 7.99. The van der Waals surface area contributed by atoms with Crippen LogP contribution in [0.4, 0.5) is 0 Å². The summed E-state index contributed by atoms with van der Waals surface area (Å²) >= 11 is 1.85. The molecule has 5 nitrogen and oxygen atoms in total. The van der Waals surface area contributed by atoms with Crippen molar-refractivity contribution in [1.29, 1.82) is 0 Å². The average Bonchev–Trinajstić information content (AvgIpc) is 3.15. The number of hydrogen-bond acceptors (Lipinski definition) is 5. The van der Waals surface area contributed by atoms with E-state index in [-0.39, 0.29) is 18.6 Å². The van der Waals surface area contributed by atoms with Crippen LogP contribution in [0, 0.1) is 5.92 Å². The Morgan fingerprint density at radius 2 is 1.61 bits per heavy atom. The fraction of sp³-hybridized carbons (Fsp3) is 0.457. The second kappa shape index (κ2) is 15.0. The van der Waals surface area contributed by atoms with Crippen molar-refractivity contribution < 1.29 is 10.2 Å². The second-order valence-corrected chi connectivity index (χ2v) is 12.5. The zero-order valence-corrected chi connectivity index (χ0v) is 25.1. The number of para-hydroxylation sites is 2. The molecular weight excluding hydrogens is 526 g/mol. The first-order valence-electron chi connectivity index (χ1n) is 15.4. The van der Waals surface area contributed by atoms with Crippen molar-refractivity contribution in [3.8, 4) is 0 Å². The van der Waals surface area contributed by atoms with E-state index < -0.39 is 6.23 Å². The van der Waals surface area contributed by atoms with Crippen molar-refractivity contribution in [1.82, 2.24) is 14.9 Å². The van der Waals surface area contributed by atoms with E-state index in [1.165, 1.54) is 55.2 Å². The number of nitrogens with one attached hydrogen (secondary N) is 1. The number of hydrogen-bond donors (Lipinski definition) is 3. The largest absolute Gasteiger partial charge is 0.394 e. The van der Waals surface area contributed by atoms with Gasteiger partial charge in [0.1, 0.15) is 6.23 Å². The smallest absolute Gasteiger partial charge is 0.169 e. The fourth-order valence-corrected chi connectivity index (χ4v) is 7.38. The molecule has 1 fully saturated rings. The van der Waals surface area contributed by atoms with Gasteiger partial charge in [-0.2, -0.15) is 0 Å². The lowest BCUT2D eigenvalue weighted by molar-refractivity contribution is 0.0559. The molecule has 0 aliphatic heterocycles. The van der Waals surface area contributed by atoms with E-state index in [1.807, 2.05) is 42.1 Å². The normalized spacial score (nSPS) is 16.9. The predicted molar refractivity (Wildman–Crippen MR) is 170 cm³/mol. The van der Waals surface area contributed by atoms with Crippen LogP contribution < -0.4 is 5.32 Å². The Bertz CT molecular complexity index is 1330. The summed E-state index contributed by atoms with van der Waals surface area (Å²) in [7, 11) is 0. The van der Waals surface area contributed by atoms with Gasteiger partial charge in [-0.1, -0.05) is 118 Å². The van der Waals surface area contributed by atoms with Crippen LogP contribution in [0.5, 0.6) is 0 Å². The summed E-state index contributed by atoms with van der Waals surface area (Å²) in [6, 6.07) is 26.9. The van der Waals surface area contributed by atoms with Gasteiger partial charge in [0, 0.05) is 11.7 Å². The number of thioether (sulfide) groups is 1. The van der Waals surface area contributed by atoms with Crippen molar-refractivity contribution in [2.75, 3.05) is 12.4 Å². The SMILES string of the molecule is CCCCSc1nc2ccccc2n1Cc1ccc(C(C2CCCCCC2)C(O)N[C@@H](CO)c2ccccc2)cc1. The van der Waals surface area contributed by atoms with Crippen molar-refractivity contribution >= 4 is 22.8 Å². The molecule has 0 saturated heterocycles. The van der Waals surface area contributed by atoms with Crippen LogP contribution >= 0.6 is 11.8 Å². The highest BCUT2D eigenvalue weighted by Crippen LogP contribution is 2.38. The summed E-state index contributed by atoms with van der Waals surface area (Å²) in [6.07, 6.45) is 8.82. The summed E-state index contributed by atoms with van der Waals surface area (Å²) in [5, 5.41) is 26.3. The van der Waals surface area contributed by atoms with Gasteiger partial charge in [-0.25, -0.2) is 4.98 Å². The third-order valence-corrected chi connectivity index (χ3v) is 9.62. The first-order chi connectivity index (χ1) is 20.2. The third kappa shape index (κ3) is 7.61. The summed E-state index contributed by atoms with van der Waals surface area (Å²) in [4.78, 5) is 4.94. The van der Waals surface area contributed by atoms with Gasteiger partial charge in [-0.05, 0) is 54.0 Å². The number of imidazole rings is 1. The molecule has 3 atom stereocenters. The molecule has 3 aromatic carbocycles. The number of aliphatic hydroxyl groups is 2. The Labute approximate surface area is 249 Å². The molecule has 5 rings (SSSR count). The van der Waals surface area contributed by atoms with E-state index in [9.17, 15) is 10.2 Å². The molecule has 1 aliphatic carbocycles. The Balaban J connectivity index is 1.39. The predicted octanol–water partition coefficient (Wildman–Crippen LogP) is 7.67. The van der Waals surface area contributed by atoms with E-state index in [0.29, 0.717) is 5.92 Å². The first-order valence-corrected chi connectivity index (χ1v) is 16.4. The molecule has 1 aliphatic rings. The number of unbranched alkanes of at least 4 members (excludes halogenated alkanes) is 1. The molecule has 0 bridgehead atoms. The van der Waals surface area contributed by atoms with Crippen molar-refractivity contribution in [3.05, 3.63) is 95.6 Å². The number of benzene rings is 3. The van der Waals surface area contributed by atoms with E-state index in [4.69, 9.17) is 4.98 Å². The molecule has 1 aromatic heterocycles. The number of aliphatic hydroxyl groups excluding tert-OH is 2. The van der Waals surface area contributed by atoms with Crippen LogP contribution in [0.1, 0.15) is 86.9 Å². The zero-order valence-electron chi connectivity index (χ0n) is 24.3. The molecule has 41 heavy (non-hydrogen) atoms. The van der Waals surface area contributed by atoms with E-state index in [0.717, 1.165) is 41.4 Å². The van der Waals surface area contributed by atoms with Gasteiger partial charge in [0.2, 0.25) is 0 Å². The molecule has 3 N–H and O–H groups in total. The number of fused-ring (bicyclic) bond motifs is 1. The molecule has 218 valence electrons. The van der Waals surface area contributed by atoms with E-state index >= 15 is 0 Å². The van der Waals surface area contributed by atoms with Gasteiger partial charge in [-0.15, -0.1) is 0 Å². The average molecular weight is 572 g/mol. The number of nitrogens with zero attached hydrogens (tertiary/aromatic N) is 2. The van der Waals surface area contributed by atoms with Gasteiger partial charge >= 0.3 is 0 Å². The monoisotopic (exact) mass is 571 g/mol. The van der Waals surface area contributed by atoms with Crippen LogP contribution in [0.25, 0.3) is 11.0 Å². The van der Waals surface area contributed by atoms with Crippen LogP contribution in [0.2, 0.25) is 0 Å². The van der Waals surface area contributed by atoms with Gasteiger partial charge in [0.05, 0.1) is 30.2 Å². The summed E-state index contributed by atoms with van der Waals surface area (Å²) in [6.45, 7) is 2.94. The van der Waals surface area contributed by atoms with E-state index in [1.54, 1.807) is 0 Å². The maximum Gasteiger partial charge on any atom is 0.169 e. The van der Waals surface area contributed by atoms with Crippen molar-refractivity contribution in [2.24, 2.45) is 5.92 Å².